The molecule has 1 saturated heterocycles. The first-order valence-corrected chi connectivity index (χ1v) is 5.80. The van der Waals surface area contributed by atoms with Crippen molar-refractivity contribution in [1.82, 2.24) is 10.3 Å². The summed E-state index contributed by atoms with van der Waals surface area (Å²) in [5.74, 6) is 5.53. The average molecular weight is 199 g/mol. The van der Waals surface area contributed by atoms with E-state index in [1.807, 2.05) is 0 Å². The molecule has 0 radical (unpaired) electrons. The number of nitrogens with two attached hydrogens (primary N) is 1. The third-order valence-corrected chi connectivity index (χ3v) is 3.73. The Morgan fingerprint density at radius 1 is 1.14 bits per heavy atom. The highest BCUT2D eigenvalue weighted by Crippen LogP contribution is 2.22. The molecule has 0 aromatic carbocycles. The predicted octanol–water partition coefficient (Wildman–Crippen LogP) is 1.49. The summed E-state index contributed by atoms with van der Waals surface area (Å²) in [5.41, 5.74) is 3.05. The molecule has 1 rings (SSSR count). The van der Waals surface area contributed by atoms with Gasteiger partial charge in [0.2, 0.25) is 0 Å². The minimum Gasteiger partial charge on any atom is -0.297 e. The van der Waals surface area contributed by atoms with E-state index in [0.29, 0.717) is 6.04 Å². The van der Waals surface area contributed by atoms with Gasteiger partial charge in [0, 0.05) is 11.6 Å². The van der Waals surface area contributed by atoms with Crippen LogP contribution >= 0.6 is 0 Å². The largest absolute Gasteiger partial charge is 0.297 e. The predicted molar refractivity (Wildman–Crippen MR) is 60.9 cm³/mol. The second-order valence-corrected chi connectivity index (χ2v) is 4.94. The fourth-order valence-electron chi connectivity index (χ4n) is 2.12. The van der Waals surface area contributed by atoms with Gasteiger partial charge in [-0.1, -0.05) is 12.8 Å². The van der Waals surface area contributed by atoms with Gasteiger partial charge < -0.3 is 0 Å². The monoisotopic (exact) mass is 199 g/mol. The maximum atomic E-state index is 5.53. The Morgan fingerprint density at radius 2 is 1.64 bits per heavy atom. The Bertz CT molecular complexity index is 160. The molecule has 0 aromatic rings. The molecule has 1 aliphatic rings. The topological polar surface area (TPSA) is 41.3 Å². The molecular weight excluding hydrogens is 174 g/mol. The van der Waals surface area contributed by atoms with E-state index in [0.717, 1.165) is 0 Å². The summed E-state index contributed by atoms with van der Waals surface area (Å²) in [6.45, 7) is 9.16. The van der Waals surface area contributed by atoms with Crippen molar-refractivity contribution in [2.75, 3.05) is 13.1 Å². The Balaban J connectivity index is 2.59. The van der Waals surface area contributed by atoms with Crippen LogP contribution in [0.3, 0.4) is 0 Å². The smallest absolute Gasteiger partial charge is 0.0361 e. The van der Waals surface area contributed by atoms with E-state index in [9.17, 15) is 0 Å². The third-order valence-electron chi connectivity index (χ3n) is 3.73. The van der Waals surface area contributed by atoms with Gasteiger partial charge in [-0.15, -0.1) is 0 Å². The molecule has 3 N–H and O–H groups in total. The van der Waals surface area contributed by atoms with E-state index < -0.39 is 0 Å². The van der Waals surface area contributed by atoms with E-state index in [-0.39, 0.29) is 5.54 Å². The zero-order chi connectivity index (χ0) is 10.6. The van der Waals surface area contributed by atoms with Crippen molar-refractivity contribution in [3.8, 4) is 0 Å². The Morgan fingerprint density at radius 3 is 2.07 bits per heavy atom. The quantitative estimate of drug-likeness (QED) is 0.534. The summed E-state index contributed by atoms with van der Waals surface area (Å²) in [4.78, 5) is 2.57. The molecule has 0 bridgehead atoms. The summed E-state index contributed by atoms with van der Waals surface area (Å²) < 4.78 is 0. The number of nitrogens with zero attached hydrogens (tertiary/aromatic N) is 1. The van der Waals surface area contributed by atoms with Crippen LogP contribution in [0.25, 0.3) is 0 Å². The molecule has 0 amide bonds. The summed E-state index contributed by atoms with van der Waals surface area (Å²) in [6.07, 6.45) is 5.44. The highest BCUT2D eigenvalue weighted by Gasteiger charge is 2.31. The molecule has 0 saturated carbocycles. The fourth-order valence-corrected chi connectivity index (χ4v) is 2.12. The van der Waals surface area contributed by atoms with E-state index in [4.69, 9.17) is 5.84 Å². The van der Waals surface area contributed by atoms with E-state index in [1.165, 1.54) is 38.8 Å². The number of likely N-dealkylation sites (tertiary alicyclic amines) is 1. The Kier molecular flexibility index (Phi) is 4.35. The van der Waals surface area contributed by atoms with Gasteiger partial charge in [-0.25, -0.2) is 0 Å². The second kappa shape index (κ2) is 5.10. The maximum absolute atomic E-state index is 5.53. The number of nitrogens with one attached hydrogen (secondary N) is 1. The summed E-state index contributed by atoms with van der Waals surface area (Å²) >= 11 is 0. The molecule has 3 heteroatoms. The summed E-state index contributed by atoms with van der Waals surface area (Å²) in [5, 5.41) is 0. The van der Waals surface area contributed by atoms with Crippen molar-refractivity contribution in [2.45, 2.75) is 58.0 Å². The van der Waals surface area contributed by atoms with Gasteiger partial charge in [-0.3, -0.25) is 16.2 Å². The van der Waals surface area contributed by atoms with Crippen LogP contribution in [0, 0.1) is 0 Å². The molecule has 1 heterocycles. The highest BCUT2D eigenvalue weighted by atomic mass is 15.3. The molecule has 1 fully saturated rings. The van der Waals surface area contributed by atoms with Crippen molar-refractivity contribution in [3.63, 3.8) is 0 Å². The second-order valence-electron chi connectivity index (χ2n) is 4.94. The van der Waals surface area contributed by atoms with Gasteiger partial charge in [-0.2, -0.15) is 0 Å². The average Bonchev–Trinajstić information content (AvgIpc) is 2.44. The zero-order valence-electron chi connectivity index (χ0n) is 9.84. The molecule has 0 aliphatic carbocycles. The van der Waals surface area contributed by atoms with Crippen LogP contribution in [-0.2, 0) is 0 Å². The van der Waals surface area contributed by atoms with Crippen molar-refractivity contribution in [2.24, 2.45) is 5.84 Å². The number of hydrogen-bond donors (Lipinski definition) is 2. The molecule has 14 heavy (non-hydrogen) atoms. The van der Waals surface area contributed by atoms with Gasteiger partial charge in [0.1, 0.15) is 0 Å². The first kappa shape index (κ1) is 12.0. The van der Waals surface area contributed by atoms with Crippen molar-refractivity contribution in [1.29, 1.82) is 0 Å². The highest BCUT2D eigenvalue weighted by molar-refractivity contribution is 4.90. The minimum absolute atomic E-state index is 0.166. The fraction of sp³-hybridized carbons (Fsp3) is 1.00. The van der Waals surface area contributed by atoms with Gasteiger partial charge in [-0.05, 0) is 46.7 Å². The van der Waals surface area contributed by atoms with E-state index in [2.05, 4.69) is 31.1 Å². The molecule has 84 valence electrons. The van der Waals surface area contributed by atoms with Crippen molar-refractivity contribution >= 4 is 0 Å². The van der Waals surface area contributed by atoms with Crippen molar-refractivity contribution < 1.29 is 0 Å². The molecule has 1 aliphatic heterocycles. The number of hydrazine groups is 1. The lowest BCUT2D eigenvalue weighted by molar-refractivity contribution is 0.0902. The molecule has 3 nitrogen and oxygen atoms in total. The van der Waals surface area contributed by atoms with Gasteiger partial charge in [0.15, 0.2) is 0 Å². The first-order valence-electron chi connectivity index (χ1n) is 5.80. The van der Waals surface area contributed by atoms with Gasteiger partial charge in [0.05, 0.1) is 0 Å². The first-order chi connectivity index (χ1) is 6.59. The number of rotatable bonds is 3. The Hall–Kier alpha value is -0.120. The molecule has 0 spiro atoms. The zero-order valence-corrected chi connectivity index (χ0v) is 9.84. The van der Waals surface area contributed by atoms with Crippen LogP contribution in [-0.4, -0.2) is 29.6 Å². The van der Waals surface area contributed by atoms with Crippen LogP contribution in [0.4, 0.5) is 0 Å². The number of hydrogen-bond acceptors (Lipinski definition) is 3. The molecular formula is C11H25N3. The molecule has 0 aromatic heterocycles. The third kappa shape index (κ3) is 2.69. The lowest BCUT2D eigenvalue weighted by Crippen LogP contribution is -2.58. The van der Waals surface area contributed by atoms with Crippen LogP contribution in [0.2, 0.25) is 0 Å². The SMILES string of the molecule is CC(NN)C(C)(C)N1CCCCCC1. The van der Waals surface area contributed by atoms with Crippen LogP contribution < -0.4 is 11.3 Å². The summed E-state index contributed by atoms with van der Waals surface area (Å²) in [6, 6.07) is 0.334. The van der Waals surface area contributed by atoms with Gasteiger partial charge in [0.25, 0.3) is 0 Å². The normalized spacial score (nSPS) is 23.1. The van der Waals surface area contributed by atoms with E-state index >= 15 is 0 Å². The van der Waals surface area contributed by atoms with Crippen LogP contribution in [0.15, 0.2) is 0 Å². The van der Waals surface area contributed by atoms with Crippen LogP contribution in [0.5, 0.6) is 0 Å². The van der Waals surface area contributed by atoms with E-state index in [1.54, 1.807) is 0 Å². The van der Waals surface area contributed by atoms with Crippen molar-refractivity contribution in [3.05, 3.63) is 0 Å². The lowest BCUT2D eigenvalue weighted by atomic mass is 9.94. The Labute approximate surface area is 88.0 Å². The lowest BCUT2D eigenvalue weighted by Gasteiger charge is -2.42. The van der Waals surface area contributed by atoms with Gasteiger partial charge >= 0.3 is 0 Å². The standard InChI is InChI=1S/C11H25N3/c1-10(13-12)11(2,3)14-8-6-4-5-7-9-14/h10,13H,4-9,12H2,1-3H3. The summed E-state index contributed by atoms with van der Waals surface area (Å²) in [7, 11) is 0. The van der Waals surface area contributed by atoms with Crippen LogP contribution in [0.1, 0.15) is 46.5 Å². The molecule has 1 unspecified atom stereocenters. The minimum atomic E-state index is 0.166. The maximum Gasteiger partial charge on any atom is 0.0361 e. The molecule has 1 atom stereocenters.